The quantitative estimate of drug-likeness (QED) is 0.733. The molecule has 1 aromatic carbocycles. The molecule has 0 spiro atoms. The fraction of sp³-hybridized carbons (Fsp3) is 0.385. The van der Waals surface area contributed by atoms with Crippen molar-refractivity contribution in [1.29, 1.82) is 0 Å². The lowest BCUT2D eigenvalue weighted by Gasteiger charge is -2.21. The monoisotopic (exact) mass is 203 g/mol. The van der Waals surface area contributed by atoms with Crippen molar-refractivity contribution >= 4 is 0 Å². The van der Waals surface area contributed by atoms with E-state index in [0.717, 1.165) is 6.54 Å². The first kappa shape index (κ1) is 11.8. The van der Waals surface area contributed by atoms with Gasteiger partial charge in [0.15, 0.2) is 0 Å². The molecule has 0 saturated carbocycles. The van der Waals surface area contributed by atoms with Crippen LogP contribution in [0.2, 0.25) is 0 Å². The van der Waals surface area contributed by atoms with E-state index in [0.29, 0.717) is 13.1 Å². The molecule has 1 aromatic rings. The van der Waals surface area contributed by atoms with Crippen LogP contribution in [-0.2, 0) is 6.54 Å². The van der Waals surface area contributed by atoms with E-state index in [1.54, 1.807) is 6.92 Å². The first-order valence-electron chi connectivity index (χ1n) is 5.10. The summed E-state index contributed by atoms with van der Waals surface area (Å²) in [4.78, 5) is 2.06. The van der Waals surface area contributed by atoms with Crippen LogP contribution >= 0.6 is 0 Å². The zero-order valence-corrected chi connectivity index (χ0v) is 9.06. The molecule has 0 aromatic heterocycles. The molecular formula is C13H17NO. The van der Waals surface area contributed by atoms with Gasteiger partial charge < -0.3 is 5.11 Å². The molecule has 0 saturated heterocycles. The van der Waals surface area contributed by atoms with Gasteiger partial charge in [-0.15, -0.1) is 6.42 Å². The van der Waals surface area contributed by atoms with Crippen LogP contribution in [0, 0.1) is 12.3 Å². The lowest BCUT2D eigenvalue weighted by Crippen LogP contribution is -2.30. The van der Waals surface area contributed by atoms with Crippen molar-refractivity contribution in [3.63, 3.8) is 0 Å². The molecule has 2 heteroatoms. The van der Waals surface area contributed by atoms with Crippen LogP contribution in [0.5, 0.6) is 0 Å². The second-order valence-electron chi connectivity index (χ2n) is 3.71. The van der Waals surface area contributed by atoms with Gasteiger partial charge in [-0.05, 0) is 12.5 Å². The predicted molar refractivity (Wildman–Crippen MR) is 62.2 cm³/mol. The fourth-order valence-corrected chi connectivity index (χ4v) is 1.53. The van der Waals surface area contributed by atoms with Crippen LogP contribution in [0.15, 0.2) is 30.3 Å². The summed E-state index contributed by atoms with van der Waals surface area (Å²) in [5.74, 6) is 2.61. The Morgan fingerprint density at radius 2 is 2.07 bits per heavy atom. The normalized spacial score (nSPS) is 12.4. The standard InChI is InChI=1S/C13H17NO/c1-3-9-14(10-12(2)15)11-13-7-5-4-6-8-13/h1,4-8,12,15H,9-11H2,2H3/t12-/m1/s1. The van der Waals surface area contributed by atoms with Gasteiger partial charge in [-0.2, -0.15) is 0 Å². The predicted octanol–water partition coefficient (Wildman–Crippen LogP) is 1.50. The molecule has 0 heterocycles. The van der Waals surface area contributed by atoms with Crippen molar-refractivity contribution < 1.29 is 5.11 Å². The third kappa shape index (κ3) is 4.64. The topological polar surface area (TPSA) is 23.5 Å². The van der Waals surface area contributed by atoms with Crippen molar-refractivity contribution in [2.45, 2.75) is 19.6 Å². The molecule has 1 atom stereocenters. The summed E-state index contributed by atoms with van der Waals surface area (Å²) in [6.07, 6.45) is 4.94. The Hall–Kier alpha value is -1.30. The molecule has 1 N–H and O–H groups in total. The maximum atomic E-state index is 9.32. The molecule has 0 aliphatic carbocycles. The average Bonchev–Trinajstić information content (AvgIpc) is 2.18. The summed E-state index contributed by atoms with van der Waals surface area (Å²) in [6.45, 7) is 3.74. The smallest absolute Gasteiger partial charge is 0.0639 e. The van der Waals surface area contributed by atoms with Crippen molar-refractivity contribution in [3.8, 4) is 12.3 Å². The zero-order chi connectivity index (χ0) is 11.1. The summed E-state index contributed by atoms with van der Waals surface area (Å²) in [5, 5.41) is 9.32. The van der Waals surface area contributed by atoms with Crippen molar-refractivity contribution in [3.05, 3.63) is 35.9 Å². The first-order chi connectivity index (χ1) is 7.22. The number of aliphatic hydroxyl groups is 1. The maximum Gasteiger partial charge on any atom is 0.0639 e. The molecule has 0 aliphatic rings. The molecule has 2 nitrogen and oxygen atoms in total. The third-order valence-electron chi connectivity index (χ3n) is 2.09. The van der Waals surface area contributed by atoms with Gasteiger partial charge in [-0.1, -0.05) is 36.3 Å². The van der Waals surface area contributed by atoms with Crippen LogP contribution in [0.1, 0.15) is 12.5 Å². The van der Waals surface area contributed by atoms with Crippen LogP contribution in [-0.4, -0.2) is 29.2 Å². The molecule has 0 bridgehead atoms. The van der Waals surface area contributed by atoms with Crippen LogP contribution in [0.3, 0.4) is 0 Å². The SMILES string of the molecule is C#CCN(Cc1ccccc1)C[C@@H](C)O. The highest BCUT2D eigenvalue weighted by Crippen LogP contribution is 2.04. The summed E-state index contributed by atoms with van der Waals surface area (Å²) < 4.78 is 0. The van der Waals surface area contributed by atoms with E-state index in [-0.39, 0.29) is 6.10 Å². The van der Waals surface area contributed by atoms with E-state index in [9.17, 15) is 5.11 Å². The highest BCUT2D eigenvalue weighted by molar-refractivity contribution is 5.14. The number of aliphatic hydroxyl groups excluding tert-OH is 1. The molecule has 0 fully saturated rings. The molecule has 1 rings (SSSR count). The zero-order valence-electron chi connectivity index (χ0n) is 9.06. The van der Waals surface area contributed by atoms with Gasteiger partial charge in [-0.25, -0.2) is 0 Å². The lowest BCUT2D eigenvalue weighted by atomic mass is 10.2. The second-order valence-corrected chi connectivity index (χ2v) is 3.71. The van der Waals surface area contributed by atoms with E-state index < -0.39 is 0 Å². The summed E-state index contributed by atoms with van der Waals surface area (Å²) in [6, 6.07) is 10.1. The van der Waals surface area contributed by atoms with Crippen molar-refractivity contribution in [2.24, 2.45) is 0 Å². The second kappa shape index (κ2) is 6.23. The highest BCUT2D eigenvalue weighted by Gasteiger charge is 2.07. The molecule has 15 heavy (non-hydrogen) atoms. The Bertz CT molecular complexity index is 313. The third-order valence-corrected chi connectivity index (χ3v) is 2.09. The minimum Gasteiger partial charge on any atom is -0.392 e. The average molecular weight is 203 g/mol. The number of hydrogen-bond acceptors (Lipinski definition) is 2. The van der Waals surface area contributed by atoms with Gasteiger partial charge in [0.1, 0.15) is 0 Å². The molecule has 0 unspecified atom stereocenters. The van der Waals surface area contributed by atoms with Crippen LogP contribution < -0.4 is 0 Å². The van der Waals surface area contributed by atoms with Gasteiger partial charge >= 0.3 is 0 Å². The first-order valence-corrected chi connectivity index (χ1v) is 5.10. The Kier molecular flexibility index (Phi) is 4.89. The van der Waals surface area contributed by atoms with Gasteiger partial charge in [-0.3, -0.25) is 4.90 Å². The lowest BCUT2D eigenvalue weighted by molar-refractivity contribution is 0.131. The Labute approximate surface area is 91.5 Å². The Morgan fingerprint density at radius 1 is 1.40 bits per heavy atom. The minimum atomic E-state index is -0.345. The summed E-state index contributed by atoms with van der Waals surface area (Å²) in [7, 11) is 0. The minimum absolute atomic E-state index is 0.345. The van der Waals surface area contributed by atoms with Crippen LogP contribution in [0.25, 0.3) is 0 Å². The number of terminal acetylenes is 1. The fourth-order valence-electron chi connectivity index (χ4n) is 1.53. The molecule has 0 aliphatic heterocycles. The van der Waals surface area contributed by atoms with E-state index in [1.807, 2.05) is 18.2 Å². The number of benzene rings is 1. The Balaban J connectivity index is 2.55. The van der Waals surface area contributed by atoms with E-state index >= 15 is 0 Å². The molecular weight excluding hydrogens is 186 g/mol. The number of rotatable bonds is 5. The van der Waals surface area contributed by atoms with E-state index in [2.05, 4.69) is 23.0 Å². The largest absolute Gasteiger partial charge is 0.392 e. The van der Waals surface area contributed by atoms with Gasteiger partial charge in [0.25, 0.3) is 0 Å². The molecule has 80 valence electrons. The maximum absolute atomic E-state index is 9.32. The van der Waals surface area contributed by atoms with Gasteiger partial charge in [0.05, 0.1) is 12.6 Å². The van der Waals surface area contributed by atoms with E-state index in [1.165, 1.54) is 5.56 Å². The van der Waals surface area contributed by atoms with Crippen LogP contribution in [0.4, 0.5) is 0 Å². The summed E-state index contributed by atoms with van der Waals surface area (Å²) in [5.41, 5.74) is 1.22. The van der Waals surface area contributed by atoms with Gasteiger partial charge in [0.2, 0.25) is 0 Å². The highest BCUT2D eigenvalue weighted by atomic mass is 16.3. The Morgan fingerprint density at radius 3 is 2.60 bits per heavy atom. The number of nitrogens with zero attached hydrogens (tertiary/aromatic N) is 1. The summed E-state index contributed by atoms with van der Waals surface area (Å²) >= 11 is 0. The van der Waals surface area contributed by atoms with Gasteiger partial charge in [0, 0.05) is 13.1 Å². The molecule has 0 radical (unpaired) electrons. The van der Waals surface area contributed by atoms with Crippen molar-refractivity contribution in [1.82, 2.24) is 4.90 Å². The molecule has 0 amide bonds. The number of hydrogen-bond donors (Lipinski definition) is 1. The van der Waals surface area contributed by atoms with Crippen molar-refractivity contribution in [2.75, 3.05) is 13.1 Å². The van der Waals surface area contributed by atoms with E-state index in [4.69, 9.17) is 6.42 Å².